The molecule has 3 rings (SSSR count). The van der Waals surface area contributed by atoms with Crippen molar-refractivity contribution in [2.45, 2.75) is 6.54 Å². The second kappa shape index (κ2) is 6.66. The Kier molecular flexibility index (Phi) is 4.42. The molecule has 0 radical (unpaired) electrons. The van der Waals surface area contributed by atoms with Gasteiger partial charge in [0.15, 0.2) is 0 Å². The highest BCUT2D eigenvalue weighted by Gasteiger charge is 2.13. The minimum atomic E-state index is -0.0669. The zero-order valence-electron chi connectivity index (χ0n) is 14.1. The Morgan fingerprint density at radius 3 is 2.50 bits per heavy atom. The maximum atomic E-state index is 12.5. The minimum absolute atomic E-state index is 0.0669. The van der Waals surface area contributed by atoms with Crippen molar-refractivity contribution in [2.24, 2.45) is 0 Å². The Bertz CT molecular complexity index is 859. The molecule has 122 valence electrons. The van der Waals surface area contributed by atoms with Crippen molar-refractivity contribution in [3.8, 4) is 0 Å². The summed E-state index contributed by atoms with van der Waals surface area (Å²) in [4.78, 5) is 25.0. The SMILES string of the molecule is CN(Cc1ccc2ccccc2n1)C(=O)c1ccc(N(C)C)nc1. The molecule has 0 unspecified atom stereocenters. The van der Waals surface area contributed by atoms with E-state index >= 15 is 0 Å². The first kappa shape index (κ1) is 15.9. The predicted octanol–water partition coefficient (Wildman–Crippen LogP) is 2.97. The number of anilines is 1. The summed E-state index contributed by atoms with van der Waals surface area (Å²) < 4.78 is 0. The molecule has 0 aliphatic rings. The lowest BCUT2D eigenvalue weighted by atomic mass is 10.2. The molecular weight excluding hydrogens is 300 g/mol. The number of aromatic nitrogens is 2. The molecular formula is C19H20N4O. The number of carbonyl (C=O) groups is 1. The van der Waals surface area contributed by atoms with Gasteiger partial charge in [0.2, 0.25) is 0 Å². The van der Waals surface area contributed by atoms with E-state index in [1.807, 2.05) is 61.5 Å². The van der Waals surface area contributed by atoms with Crippen molar-refractivity contribution in [1.82, 2.24) is 14.9 Å². The van der Waals surface area contributed by atoms with Gasteiger partial charge in [0, 0.05) is 32.7 Å². The number of benzene rings is 1. The Balaban J connectivity index is 1.75. The van der Waals surface area contributed by atoms with Gasteiger partial charge < -0.3 is 9.80 Å². The van der Waals surface area contributed by atoms with Gasteiger partial charge in [-0.15, -0.1) is 0 Å². The van der Waals surface area contributed by atoms with Crippen LogP contribution in [0.2, 0.25) is 0 Å². The van der Waals surface area contributed by atoms with E-state index in [1.54, 1.807) is 24.2 Å². The van der Waals surface area contributed by atoms with Gasteiger partial charge in [0.05, 0.1) is 23.3 Å². The summed E-state index contributed by atoms with van der Waals surface area (Å²) in [6.07, 6.45) is 1.61. The number of fused-ring (bicyclic) bond motifs is 1. The zero-order valence-corrected chi connectivity index (χ0v) is 14.1. The Morgan fingerprint density at radius 2 is 1.79 bits per heavy atom. The van der Waals surface area contributed by atoms with Crippen LogP contribution < -0.4 is 4.90 Å². The second-order valence-electron chi connectivity index (χ2n) is 5.96. The van der Waals surface area contributed by atoms with Gasteiger partial charge in [0.1, 0.15) is 5.82 Å². The average Bonchev–Trinajstić information content (AvgIpc) is 2.61. The van der Waals surface area contributed by atoms with E-state index < -0.39 is 0 Å². The van der Waals surface area contributed by atoms with E-state index in [2.05, 4.69) is 9.97 Å². The van der Waals surface area contributed by atoms with Crippen LogP contribution in [0.25, 0.3) is 10.9 Å². The van der Waals surface area contributed by atoms with E-state index in [1.165, 1.54) is 0 Å². The lowest BCUT2D eigenvalue weighted by molar-refractivity contribution is 0.0783. The molecule has 0 N–H and O–H groups in total. The first-order chi connectivity index (χ1) is 11.5. The number of pyridine rings is 2. The van der Waals surface area contributed by atoms with Crippen LogP contribution in [0.1, 0.15) is 16.1 Å². The van der Waals surface area contributed by atoms with Crippen LogP contribution in [0.5, 0.6) is 0 Å². The van der Waals surface area contributed by atoms with E-state index in [0.717, 1.165) is 22.4 Å². The summed E-state index contributed by atoms with van der Waals surface area (Å²) in [5.74, 6) is 0.758. The number of carbonyl (C=O) groups excluding carboxylic acids is 1. The van der Waals surface area contributed by atoms with Gasteiger partial charge >= 0.3 is 0 Å². The molecule has 3 aromatic rings. The van der Waals surface area contributed by atoms with Gasteiger partial charge in [0.25, 0.3) is 5.91 Å². The fraction of sp³-hybridized carbons (Fsp3) is 0.211. The van der Waals surface area contributed by atoms with Crippen molar-refractivity contribution >= 4 is 22.6 Å². The number of nitrogens with zero attached hydrogens (tertiary/aromatic N) is 4. The monoisotopic (exact) mass is 320 g/mol. The van der Waals surface area contributed by atoms with Crippen LogP contribution in [0.15, 0.2) is 54.7 Å². The summed E-state index contributed by atoms with van der Waals surface area (Å²) in [5.41, 5.74) is 2.37. The van der Waals surface area contributed by atoms with Crippen LogP contribution in [0.3, 0.4) is 0 Å². The molecule has 1 aromatic carbocycles. The molecule has 1 amide bonds. The van der Waals surface area contributed by atoms with Gasteiger partial charge in [-0.3, -0.25) is 9.78 Å². The number of amides is 1. The van der Waals surface area contributed by atoms with E-state index in [-0.39, 0.29) is 5.91 Å². The molecule has 0 saturated carbocycles. The predicted molar refractivity (Wildman–Crippen MR) is 96.1 cm³/mol. The van der Waals surface area contributed by atoms with Gasteiger partial charge in [-0.05, 0) is 24.3 Å². The largest absolute Gasteiger partial charge is 0.363 e. The highest BCUT2D eigenvalue weighted by Crippen LogP contribution is 2.14. The van der Waals surface area contributed by atoms with E-state index in [4.69, 9.17) is 0 Å². The first-order valence-corrected chi connectivity index (χ1v) is 7.78. The third kappa shape index (κ3) is 3.35. The smallest absolute Gasteiger partial charge is 0.255 e. The molecule has 5 nitrogen and oxygen atoms in total. The lowest BCUT2D eigenvalue weighted by Gasteiger charge is -2.17. The third-order valence-electron chi connectivity index (χ3n) is 3.85. The van der Waals surface area contributed by atoms with Crippen molar-refractivity contribution in [3.05, 3.63) is 66.0 Å². The number of para-hydroxylation sites is 1. The molecule has 0 fully saturated rings. The van der Waals surface area contributed by atoms with Gasteiger partial charge in [-0.1, -0.05) is 24.3 Å². The molecule has 0 atom stereocenters. The number of rotatable bonds is 4. The standard InChI is InChI=1S/C19H20N4O/c1-22(2)18-11-9-15(12-20-18)19(24)23(3)13-16-10-8-14-6-4-5-7-17(14)21-16/h4-12H,13H2,1-3H3. The third-order valence-corrected chi connectivity index (χ3v) is 3.85. The fourth-order valence-electron chi connectivity index (χ4n) is 2.51. The maximum absolute atomic E-state index is 12.5. The summed E-state index contributed by atoms with van der Waals surface area (Å²) >= 11 is 0. The lowest BCUT2D eigenvalue weighted by Crippen LogP contribution is -2.26. The zero-order chi connectivity index (χ0) is 17.1. The first-order valence-electron chi connectivity index (χ1n) is 7.78. The van der Waals surface area contributed by atoms with Crippen LogP contribution in [0, 0.1) is 0 Å². The minimum Gasteiger partial charge on any atom is -0.363 e. The molecule has 0 aliphatic heterocycles. The van der Waals surface area contributed by atoms with Crippen LogP contribution >= 0.6 is 0 Å². The van der Waals surface area contributed by atoms with Crippen LogP contribution in [-0.4, -0.2) is 41.9 Å². The Hall–Kier alpha value is -2.95. The van der Waals surface area contributed by atoms with Crippen molar-refractivity contribution in [3.63, 3.8) is 0 Å². The Labute approximate surface area is 141 Å². The molecule has 5 heteroatoms. The highest BCUT2D eigenvalue weighted by molar-refractivity contribution is 5.93. The normalized spacial score (nSPS) is 10.6. The molecule has 2 heterocycles. The highest BCUT2D eigenvalue weighted by atomic mass is 16.2. The van der Waals surface area contributed by atoms with Crippen molar-refractivity contribution < 1.29 is 4.79 Å². The Morgan fingerprint density at radius 1 is 1.00 bits per heavy atom. The van der Waals surface area contributed by atoms with Gasteiger partial charge in [-0.2, -0.15) is 0 Å². The second-order valence-corrected chi connectivity index (χ2v) is 5.96. The fourth-order valence-corrected chi connectivity index (χ4v) is 2.51. The quantitative estimate of drug-likeness (QED) is 0.741. The number of hydrogen-bond acceptors (Lipinski definition) is 4. The summed E-state index contributed by atoms with van der Waals surface area (Å²) in [6, 6.07) is 15.6. The van der Waals surface area contributed by atoms with E-state index in [0.29, 0.717) is 12.1 Å². The molecule has 24 heavy (non-hydrogen) atoms. The van der Waals surface area contributed by atoms with Crippen LogP contribution in [0.4, 0.5) is 5.82 Å². The summed E-state index contributed by atoms with van der Waals surface area (Å²) in [6.45, 7) is 0.457. The summed E-state index contributed by atoms with van der Waals surface area (Å²) in [7, 11) is 5.61. The number of hydrogen-bond donors (Lipinski definition) is 0. The molecule has 0 aliphatic carbocycles. The van der Waals surface area contributed by atoms with E-state index in [9.17, 15) is 4.79 Å². The van der Waals surface area contributed by atoms with Crippen molar-refractivity contribution in [1.29, 1.82) is 0 Å². The molecule has 2 aromatic heterocycles. The summed E-state index contributed by atoms with van der Waals surface area (Å²) in [5, 5.41) is 1.10. The molecule has 0 spiro atoms. The maximum Gasteiger partial charge on any atom is 0.255 e. The topological polar surface area (TPSA) is 49.3 Å². The average molecular weight is 320 g/mol. The van der Waals surface area contributed by atoms with Gasteiger partial charge in [-0.25, -0.2) is 4.98 Å². The molecule has 0 saturated heterocycles. The van der Waals surface area contributed by atoms with Crippen molar-refractivity contribution in [2.75, 3.05) is 26.0 Å². The van der Waals surface area contributed by atoms with Crippen LogP contribution in [-0.2, 0) is 6.54 Å². The molecule has 0 bridgehead atoms.